The van der Waals surface area contributed by atoms with Crippen LogP contribution in [0.3, 0.4) is 0 Å². The molecule has 2 atom stereocenters. The van der Waals surface area contributed by atoms with Gasteiger partial charge in [-0.3, -0.25) is 0 Å². The summed E-state index contributed by atoms with van der Waals surface area (Å²) in [5.41, 5.74) is 0. The quantitative estimate of drug-likeness (QED) is 0.628. The fourth-order valence-electron chi connectivity index (χ4n) is 2.26. The van der Waals surface area contributed by atoms with Crippen molar-refractivity contribution in [2.45, 2.75) is 52.0 Å². The summed E-state index contributed by atoms with van der Waals surface area (Å²) in [5.74, 6) is 0.976. The number of rotatable bonds is 3. The van der Waals surface area contributed by atoms with E-state index in [2.05, 4.69) is 25.8 Å². The molecular formula is C11H23N. The van der Waals surface area contributed by atoms with Crippen LogP contribution in [0.2, 0.25) is 0 Å². The van der Waals surface area contributed by atoms with Crippen molar-refractivity contribution in [2.24, 2.45) is 5.92 Å². The van der Waals surface area contributed by atoms with Crippen LogP contribution in [0.4, 0.5) is 0 Å². The first-order valence-corrected chi connectivity index (χ1v) is 5.46. The second-order valence-corrected chi connectivity index (χ2v) is 4.27. The van der Waals surface area contributed by atoms with Gasteiger partial charge in [0.25, 0.3) is 0 Å². The average Bonchev–Trinajstić information content (AvgIpc) is 2.08. The number of hydrogen-bond donors (Lipinski definition) is 0. The maximum Gasteiger partial charge on any atom is 0.00921 e. The molecule has 1 aliphatic rings. The molecule has 1 saturated heterocycles. The molecule has 1 aliphatic heterocycles. The lowest BCUT2D eigenvalue weighted by atomic mass is 9.86. The summed E-state index contributed by atoms with van der Waals surface area (Å²) < 4.78 is 0. The molecule has 0 aromatic rings. The number of hydrogen-bond acceptors (Lipinski definition) is 1. The van der Waals surface area contributed by atoms with Crippen molar-refractivity contribution in [1.82, 2.24) is 4.90 Å². The standard InChI is InChI=1S/C11H23N/c1-4-5-7-11-8-6-9-12(3)10(11)2/h10-11H,4-9H2,1-3H3/t10?,11-/m0/s1. The zero-order valence-electron chi connectivity index (χ0n) is 8.84. The van der Waals surface area contributed by atoms with Gasteiger partial charge in [-0.2, -0.15) is 0 Å². The Morgan fingerprint density at radius 3 is 2.83 bits per heavy atom. The summed E-state index contributed by atoms with van der Waals surface area (Å²) in [5, 5.41) is 0. The Morgan fingerprint density at radius 2 is 2.17 bits per heavy atom. The van der Waals surface area contributed by atoms with Gasteiger partial charge in [0.2, 0.25) is 0 Å². The van der Waals surface area contributed by atoms with Gasteiger partial charge >= 0.3 is 0 Å². The molecule has 1 unspecified atom stereocenters. The maximum absolute atomic E-state index is 2.52. The van der Waals surface area contributed by atoms with E-state index in [4.69, 9.17) is 0 Å². The Morgan fingerprint density at radius 1 is 1.42 bits per heavy atom. The maximum atomic E-state index is 2.52. The van der Waals surface area contributed by atoms with Gasteiger partial charge < -0.3 is 4.90 Å². The molecule has 1 rings (SSSR count). The third kappa shape index (κ3) is 2.48. The van der Waals surface area contributed by atoms with Crippen molar-refractivity contribution >= 4 is 0 Å². The van der Waals surface area contributed by atoms with Crippen molar-refractivity contribution in [3.05, 3.63) is 0 Å². The minimum Gasteiger partial charge on any atom is -0.303 e. The van der Waals surface area contributed by atoms with Crippen molar-refractivity contribution < 1.29 is 0 Å². The van der Waals surface area contributed by atoms with E-state index in [0.29, 0.717) is 0 Å². The fraction of sp³-hybridized carbons (Fsp3) is 1.00. The summed E-state index contributed by atoms with van der Waals surface area (Å²) in [6, 6.07) is 0.824. The Labute approximate surface area is 77.1 Å². The van der Waals surface area contributed by atoms with Crippen LogP contribution in [0, 0.1) is 5.92 Å². The topological polar surface area (TPSA) is 3.24 Å². The summed E-state index contributed by atoms with van der Waals surface area (Å²) in [6.45, 7) is 5.99. The molecule has 72 valence electrons. The number of piperidine rings is 1. The van der Waals surface area contributed by atoms with E-state index in [-0.39, 0.29) is 0 Å². The first-order valence-electron chi connectivity index (χ1n) is 5.46. The van der Waals surface area contributed by atoms with Crippen LogP contribution in [0.15, 0.2) is 0 Å². The molecule has 0 radical (unpaired) electrons. The monoisotopic (exact) mass is 169 g/mol. The molecule has 1 heterocycles. The molecule has 0 spiro atoms. The van der Waals surface area contributed by atoms with Crippen LogP contribution in [-0.4, -0.2) is 24.5 Å². The summed E-state index contributed by atoms with van der Waals surface area (Å²) in [4.78, 5) is 2.52. The van der Waals surface area contributed by atoms with Crippen molar-refractivity contribution in [2.75, 3.05) is 13.6 Å². The third-order valence-corrected chi connectivity index (χ3v) is 3.39. The minimum absolute atomic E-state index is 0.824. The average molecular weight is 169 g/mol. The largest absolute Gasteiger partial charge is 0.303 e. The minimum atomic E-state index is 0.824. The summed E-state index contributed by atoms with van der Waals surface area (Å²) in [7, 11) is 2.27. The van der Waals surface area contributed by atoms with Crippen LogP contribution >= 0.6 is 0 Å². The van der Waals surface area contributed by atoms with E-state index in [1.807, 2.05) is 0 Å². The van der Waals surface area contributed by atoms with E-state index in [0.717, 1.165) is 12.0 Å². The third-order valence-electron chi connectivity index (χ3n) is 3.39. The second-order valence-electron chi connectivity index (χ2n) is 4.27. The Bertz CT molecular complexity index is 122. The molecular weight excluding hydrogens is 146 g/mol. The second kappa shape index (κ2) is 4.86. The number of likely N-dealkylation sites (tertiary alicyclic amines) is 1. The predicted molar refractivity (Wildman–Crippen MR) is 54.3 cm³/mol. The van der Waals surface area contributed by atoms with Gasteiger partial charge in [-0.15, -0.1) is 0 Å². The van der Waals surface area contributed by atoms with Crippen LogP contribution in [0.25, 0.3) is 0 Å². The molecule has 0 aromatic heterocycles. The van der Waals surface area contributed by atoms with Gasteiger partial charge in [0, 0.05) is 6.04 Å². The van der Waals surface area contributed by atoms with Crippen LogP contribution in [-0.2, 0) is 0 Å². The van der Waals surface area contributed by atoms with Gasteiger partial charge in [0.15, 0.2) is 0 Å². The lowest BCUT2D eigenvalue weighted by Crippen LogP contribution is -2.40. The van der Waals surface area contributed by atoms with Crippen molar-refractivity contribution in [3.63, 3.8) is 0 Å². The van der Waals surface area contributed by atoms with Crippen LogP contribution < -0.4 is 0 Å². The first-order chi connectivity index (χ1) is 5.75. The smallest absolute Gasteiger partial charge is 0.00921 e. The van der Waals surface area contributed by atoms with E-state index in [9.17, 15) is 0 Å². The van der Waals surface area contributed by atoms with Gasteiger partial charge in [-0.25, -0.2) is 0 Å². The van der Waals surface area contributed by atoms with Gasteiger partial charge in [-0.1, -0.05) is 19.8 Å². The molecule has 1 nitrogen and oxygen atoms in total. The Kier molecular flexibility index (Phi) is 4.07. The van der Waals surface area contributed by atoms with Gasteiger partial charge in [0.1, 0.15) is 0 Å². The summed E-state index contributed by atoms with van der Waals surface area (Å²) in [6.07, 6.45) is 7.10. The van der Waals surface area contributed by atoms with E-state index >= 15 is 0 Å². The SMILES string of the molecule is CCCC[C@H]1CCCN(C)C1C. The number of unbranched alkanes of at least 4 members (excludes halogenated alkanes) is 1. The van der Waals surface area contributed by atoms with Gasteiger partial charge in [0.05, 0.1) is 0 Å². The highest BCUT2D eigenvalue weighted by molar-refractivity contribution is 4.78. The fourth-order valence-corrected chi connectivity index (χ4v) is 2.26. The van der Waals surface area contributed by atoms with Crippen LogP contribution in [0.5, 0.6) is 0 Å². The highest BCUT2D eigenvalue weighted by atomic mass is 15.1. The van der Waals surface area contributed by atoms with E-state index in [1.54, 1.807) is 0 Å². The molecule has 0 amide bonds. The lowest BCUT2D eigenvalue weighted by Gasteiger charge is -2.37. The molecule has 0 bridgehead atoms. The molecule has 1 fully saturated rings. The molecule has 0 N–H and O–H groups in total. The summed E-state index contributed by atoms with van der Waals surface area (Å²) >= 11 is 0. The molecule has 12 heavy (non-hydrogen) atoms. The predicted octanol–water partition coefficient (Wildman–Crippen LogP) is 2.91. The molecule has 0 aromatic carbocycles. The first kappa shape index (κ1) is 10.0. The Balaban J connectivity index is 2.30. The zero-order chi connectivity index (χ0) is 8.97. The van der Waals surface area contributed by atoms with Gasteiger partial charge in [-0.05, 0) is 45.7 Å². The van der Waals surface area contributed by atoms with E-state index < -0.39 is 0 Å². The lowest BCUT2D eigenvalue weighted by molar-refractivity contribution is 0.126. The molecule has 1 heteroatoms. The van der Waals surface area contributed by atoms with Crippen molar-refractivity contribution in [3.8, 4) is 0 Å². The highest BCUT2D eigenvalue weighted by Gasteiger charge is 2.24. The highest BCUT2D eigenvalue weighted by Crippen LogP contribution is 2.26. The normalized spacial score (nSPS) is 32.2. The molecule has 0 aliphatic carbocycles. The van der Waals surface area contributed by atoms with Crippen LogP contribution in [0.1, 0.15) is 46.0 Å². The molecule has 0 saturated carbocycles. The Hall–Kier alpha value is -0.0400. The zero-order valence-corrected chi connectivity index (χ0v) is 8.84. The number of nitrogens with zero attached hydrogens (tertiary/aromatic N) is 1. The van der Waals surface area contributed by atoms with E-state index in [1.165, 1.54) is 38.6 Å². The van der Waals surface area contributed by atoms with Crippen molar-refractivity contribution in [1.29, 1.82) is 0 Å².